The van der Waals surface area contributed by atoms with Crippen molar-refractivity contribution < 1.29 is 38.6 Å². The summed E-state index contributed by atoms with van der Waals surface area (Å²) in [6, 6.07) is 10.4. The first-order chi connectivity index (χ1) is 25.8. The van der Waals surface area contributed by atoms with Gasteiger partial charge in [-0.25, -0.2) is 0 Å². The summed E-state index contributed by atoms with van der Waals surface area (Å²) in [6.07, 6.45) is 0.770. The zero-order chi connectivity index (χ0) is 39.8. The molecule has 1 aliphatic heterocycles. The Morgan fingerprint density at radius 1 is 0.741 bits per heavy atom. The number of carbonyl (C=O) groups excluding carboxylic acids is 6. The van der Waals surface area contributed by atoms with Crippen LogP contribution in [-0.2, 0) is 35.1 Å². The smallest absolute Gasteiger partial charge is 0.258 e. The lowest BCUT2D eigenvalue weighted by molar-refractivity contribution is -0.136. The molecule has 0 saturated carbocycles. The molecule has 7 atom stereocenters. The van der Waals surface area contributed by atoms with Crippen molar-refractivity contribution in [2.24, 2.45) is 17.2 Å². The summed E-state index contributed by atoms with van der Waals surface area (Å²) in [6.45, 7) is 5.56. The number of rotatable bonds is 23. The quantitative estimate of drug-likeness (QED) is 0.0397. The standard InChI is InChI=1S/C38H56N8O8/c1-4-5-8-24-10-12-25(13-11-24)26-14-16-27(17-15-26)34(49)43-29(18-20-40)36(51)45-31(23(3)47)37(52)46-33(41)38(53)44-28(9-6-7-19-39)35(50)42-22(2)32(48)30-21-54-30/h10-17,22-23,28-31,33,47H,4-9,18-21,39-41H2,1-3H3,(H,42,50)(H,43,49)(H,44,53)(H,45,51)(H,46,52)/t22-,23+,28-,29-,30?,31-,33+/m0/s1. The van der Waals surface area contributed by atoms with Crippen molar-refractivity contribution in [3.05, 3.63) is 59.7 Å². The number of aliphatic hydroxyl groups is 1. The van der Waals surface area contributed by atoms with Gasteiger partial charge in [-0.3, -0.25) is 28.8 Å². The number of unbranched alkanes of at least 4 members (excludes halogenated alkanes) is 2. The molecule has 0 aromatic heterocycles. The third-order valence-electron chi connectivity index (χ3n) is 8.99. The lowest BCUT2D eigenvalue weighted by Gasteiger charge is -2.26. The van der Waals surface area contributed by atoms with Gasteiger partial charge < -0.3 is 53.6 Å². The van der Waals surface area contributed by atoms with E-state index in [-0.39, 0.29) is 31.8 Å². The molecule has 0 radical (unpaired) electrons. The Balaban J connectivity index is 1.60. The number of nitrogens with two attached hydrogens (primary N) is 3. The van der Waals surface area contributed by atoms with E-state index in [9.17, 15) is 33.9 Å². The van der Waals surface area contributed by atoms with Gasteiger partial charge in [-0.1, -0.05) is 49.7 Å². The highest BCUT2D eigenvalue weighted by Gasteiger charge is 2.36. The number of aliphatic hydroxyl groups excluding tert-OH is 1. The number of aryl methyl sites for hydroxylation is 1. The van der Waals surface area contributed by atoms with Gasteiger partial charge in [0, 0.05) is 5.56 Å². The molecule has 3 rings (SSSR count). The van der Waals surface area contributed by atoms with Crippen LogP contribution in [0.1, 0.15) is 75.2 Å². The number of carbonyl (C=O) groups is 6. The molecule has 2 aromatic carbocycles. The highest BCUT2D eigenvalue weighted by Crippen LogP contribution is 2.21. The molecule has 2 aromatic rings. The predicted molar refractivity (Wildman–Crippen MR) is 202 cm³/mol. The van der Waals surface area contributed by atoms with Crippen LogP contribution in [0.5, 0.6) is 0 Å². The second-order valence-corrected chi connectivity index (χ2v) is 13.5. The monoisotopic (exact) mass is 752 g/mol. The van der Waals surface area contributed by atoms with Crippen molar-refractivity contribution in [3.8, 4) is 11.1 Å². The van der Waals surface area contributed by atoms with Crippen molar-refractivity contribution in [3.63, 3.8) is 0 Å². The van der Waals surface area contributed by atoms with Crippen molar-refractivity contribution in [2.75, 3.05) is 19.7 Å². The molecule has 16 nitrogen and oxygen atoms in total. The van der Waals surface area contributed by atoms with Crippen molar-refractivity contribution in [1.29, 1.82) is 0 Å². The van der Waals surface area contributed by atoms with Crippen LogP contribution in [0.25, 0.3) is 11.1 Å². The topological polar surface area (TPSA) is 273 Å². The molecule has 1 unspecified atom stereocenters. The summed E-state index contributed by atoms with van der Waals surface area (Å²) in [7, 11) is 0. The molecular formula is C38H56N8O8. The molecule has 5 amide bonds. The Labute approximate surface area is 316 Å². The maximum absolute atomic E-state index is 13.3. The highest BCUT2D eigenvalue weighted by atomic mass is 16.6. The van der Waals surface area contributed by atoms with Crippen LogP contribution in [0.3, 0.4) is 0 Å². The summed E-state index contributed by atoms with van der Waals surface area (Å²) in [5, 5.41) is 22.8. The van der Waals surface area contributed by atoms with E-state index in [1.165, 1.54) is 19.4 Å². The molecule has 1 saturated heterocycles. The van der Waals surface area contributed by atoms with E-state index >= 15 is 0 Å². The second-order valence-electron chi connectivity index (χ2n) is 13.5. The van der Waals surface area contributed by atoms with Gasteiger partial charge in [-0.2, -0.15) is 0 Å². The third kappa shape index (κ3) is 13.6. The Morgan fingerprint density at radius 2 is 1.33 bits per heavy atom. The van der Waals surface area contributed by atoms with E-state index in [1.54, 1.807) is 12.1 Å². The number of Topliss-reactive ketones (excluding diaryl/α,β-unsaturated/α-hetero) is 1. The maximum Gasteiger partial charge on any atom is 0.258 e. The molecule has 1 fully saturated rings. The van der Waals surface area contributed by atoms with E-state index in [4.69, 9.17) is 21.9 Å². The summed E-state index contributed by atoms with van der Waals surface area (Å²) in [5.41, 5.74) is 20.7. The third-order valence-corrected chi connectivity index (χ3v) is 8.99. The first-order valence-corrected chi connectivity index (χ1v) is 18.5. The number of hydrogen-bond acceptors (Lipinski definition) is 11. The zero-order valence-electron chi connectivity index (χ0n) is 31.3. The number of epoxide rings is 1. The maximum atomic E-state index is 13.3. The van der Waals surface area contributed by atoms with Crippen molar-refractivity contribution in [1.82, 2.24) is 26.6 Å². The van der Waals surface area contributed by atoms with Gasteiger partial charge in [-0.05, 0) is 94.3 Å². The Bertz CT molecular complexity index is 1570. The number of amides is 5. The summed E-state index contributed by atoms with van der Waals surface area (Å²) in [5.74, 6) is -4.21. The van der Waals surface area contributed by atoms with Crippen LogP contribution in [0.4, 0.5) is 0 Å². The van der Waals surface area contributed by atoms with E-state index in [2.05, 4.69) is 45.6 Å². The normalized spacial score (nSPS) is 16.8. The fourth-order valence-corrected chi connectivity index (χ4v) is 5.60. The van der Waals surface area contributed by atoms with Crippen molar-refractivity contribution >= 4 is 35.3 Å². The molecule has 54 heavy (non-hydrogen) atoms. The fraction of sp³-hybridized carbons (Fsp3) is 0.526. The average Bonchev–Trinajstić information content (AvgIpc) is 4.01. The van der Waals surface area contributed by atoms with Crippen LogP contribution < -0.4 is 43.8 Å². The van der Waals surface area contributed by atoms with Gasteiger partial charge in [0.25, 0.3) is 11.8 Å². The number of benzene rings is 2. The highest BCUT2D eigenvalue weighted by molar-refractivity contribution is 5.99. The van der Waals surface area contributed by atoms with Gasteiger partial charge in [0.2, 0.25) is 17.7 Å². The van der Waals surface area contributed by atoms with Crippen LogP contribution in [0, 0.1) is 0 Å². The van der Waals surface area contributed by atoms with Gasteiger partial charge in [0.05, 0.1) is 18.8 Å². The van der Waals surface area contributed by atoms with Crippen LogP contribution in [0.2, 0.25) is 0 Å². The lowest BCUT2D eigenvalue weighted by atomic mass is 10.0. The second kappa shape index (κ2) is 21.8. The van der Waals surface area contributed by atoms with Gasteiger partial charge >= 0.3 is 0 Å². The number of ketones is 1. The van der Waals surface area contributed by atoms with E-state index in [1.807, 2.05) is 24.3 Å². The molecule has 0 spiro atoms. The molecule has 296 valence electrons. The number of ether oxygens (including phenoxy) is 1. The number of nitrogens with one attached hydrogen (secondary N) is 5. The van der Waals surface area contributed by atoms with E-state index in [0.29, 0.717) is 24.9 Å². The Hall–Kier alpha value is -4.74. The Kier molecular flexibility index (Phi) is 17.7. The van der Waals surface area contributed by atoms with Gasteiger partial charge in [0.1, 0.15) is 24.2 Å². The molecular weight excluding hydrogens is 696 g/mol. The molecule has 12 N–H and O–H groups in total. The van der Waals surface area contributed by atoms with E-state index in [0.717, 1.165) is 30.4 Å². The fourth-order valence-electron chi connectivity index (χ4n) is 5.60. The van der Waals surface area contributed by atoms with Crippen LogP contribution in [0.15, 0.2) is 48.5 Å². The average molecular weight is 753 g/mol. The van der Waals surface area contributed by atoms with E-state index < -0.39 is 72.1 Å². The lowest BCUT2D eigenvalue weighted by Crippen LogP contribution is -2.63. The minimum Gasteiger partial charge on any atom is -0.391 e. The zero-order valence-corrected chi connectivity index (χ0v) is 31.3. The molecule has 16 heteroatoms. The van der Waals surface area contributed by atoms with Crippen LogP contribution in [-0.4, -0.2) is 103 Å². The predicted octanol–water partition coefficient (Wildman–Crippen LogP) is -0.504. The first kappa shape index (κ1) is 43.7. The summed E-state index contributed by atoms with van der Waals surface area (Å²) >= 11 is 0. The Morgan fingerprint density at radius 3 is 1.89 bits per heavy atom. The molecule has 0 aliphatic carbocycles. The summed E-state index contributed by atoms with van der Waals surface area (Å²) < 4.78 is 4.98. The molecule has 1 heterocycles. The van der Waals surface area contributed by atoms with Crippen molar-refractivity contribution in [2.45, 2.75) is 108 Å². The van der Waals surface area contributed by atoms with Gasteiger partial charge in [-0.15, -0.1) is 0 Å². The van der Waals surface area contributed by atoms with Crippen LogP contribution >= 0.6 is 0 Å². The molecule has 1 aliphatic rings. The minimum absolute atomic E-state index is 0.0155. The molecule has 0 bridgehead atoms. The van der Waals surface area contributed by atoms with Gasteiger partial charge in [0.15, 0.2) is 11.9 Å². The summed E-state index contributed by atoms with van der Waals surface area (Å²) in [4.78, 5) is 78.0. The first-order valence-electron chi connectivity index (χ1n) is 18.5. The number of hydrogen-bond donors (Lipinski definition) is 9. The minimum atomic E-state index is -1.69. The largest absolute Gasteiger partial charge is 0.391 e. The SMILES string of the molecule is CCCCc1ccc(-c2ccc(C(=O)N[C@@H](CCN)C(=O)N[C@H](C(=O)N[C@@H](N)C(=O)N[C@@H](CCCCN)C(=O)N[C@@H](C)C(=O)C3CO3)[C@@H](C)O)cc2)cc1.